The molecule has 0 radical (unpaired) electrons. The van der Waals surface area contributed by atoms with Gasteiger partial charge in [0.15, 0.2) is 0 Å². The van der Waals surface area contributed by atoms with Gasteiger partial charge < -0.3 is 10.9 Å². The molecule has 0 amide bonds. The van der Waals surface area contributed by atoms with Crippen LogP contribution in [-0.2, 0) is 6.42 Å². The number of hydrogen-bond donors (Lipinski definition) is 2. The summed E-state index contributed by atoms with van der Waals surface area (Å²) in [4.78, 5) is 1.13. The summed E-state index contributed by atoms with van der Waals surface area (Å²) in [5, 5.41) is 11.5. The molecule has 1 aromatic carbocycles. The molecule has 0 aliphatic heterocycles. The molecular weight excluding hydrogens is 232 g/mol. The van der Waals surface area contributed by atoms with Gasteiger partial charge in [-0.3, -0.25) is 0 Å². The van der Waals surface area contributed by atoms with Crippen LogP contribution >= 0.6 is 11.8 Å². The maximum atomic E-state index is 8.49. The van der Waals surface area contributed by atoms with Crippen molar-refractivity contribution in [2.75, 3.05) is 5.75 Å². The van der Waals surface area contributed by atoms with Crippen LogP contribution in [-0.4, -0.2) is 16.8 Å². The highest BCUT2D eigenvalue weighted by Crippen LogP contribution is 2.25. The van der Waals surface area contributed by atoms with Gasteiger partial charge in [0, 0.05) is 4.91 Å². The minimum atomic E-state index is 0.238. The largest absolute Gasteiger partial charge is 0.409 e. The predicted molar refractivity (Wildman–Crippen MR) is 73.1 cm³/mol. The lowest BCUT2D eigenvalue weighted by Crippen LogP contribution is -2.14. The average Bonchev–Trinajstić information content (AvgIpc) is 2.57. The zero-order valence-electron chi connectivity index (χ0n) is 9.34. The molecule has 0 aromatic heterocycles. The molecule has 0 saturated heterocycles. The second kappa shape index (κ2) is 5.59. The van der Waals surface area contributed by atoms with Gasteiger partial charge in [-0.25, -0.2) is 0 Å². The van der Waals surface area contributed by atoms with Crippen molar-refractivity contribution in [3.63, 3.8) is 0 Å². The molecule has 1 aromatic rings. The Morgan fingerprint density at radius 1 is 1.41 bits per heavy atom. The summed E-state index contributed by atoms with van der Waals surface area (Å²) < 4.78 is 0. The van der Waals surface area contributed by atoms with Gasteiger partial charge in [-0.05, 0) is 23.6 Å². The van der Waals surface area contributed by atoms with Gasteiger partial charge in [-0.1, -0.05) is 41.6 Å². The summed E-state index contributed by atoms with van der Waals surface area (Å²) >= 11 is 1.57. The smallest absolute Gasteiger partial charge is 0.149 e. The molecular formula is C13H14N2OS. The van der Waals surface area contributed by atoms with E-state index in [2.05, 4.69) is 41.6 Å². The van der Waals surface area contributed by atoms with Crippen molar-refractivity contribution in [1.29, 1.82) is 0 Å². The molecule has 3 N–H and O–H groups in total. The van der Waals surface area contributed by atoms with E-state index >= 15 is 0 Å². The summed E-state index contributed by atoms with van der Waals surface area (Å²) in [6.45, 7) is 0. The van der Waals surface area contributed by atoms with Crippen LogP contribution in [0.25, 0.3) is 6.08 Å². The molecule has 0 atom stereocenters. The van der Waals surface area contributed by atoms with Gasteiger partial charge in [0.2, 0.25) is 0 Å². The molecule has 1 aliphatic carbocycles. The topological polar surface area (TPSA) is 58.6 Å². The second-order valence-electron chi connectivity index (χ2n) is 3.73. The third-order valence-electron chi connectivity index (χ3n) is 2.49. The number of oxime groups is 1. The average molecular weight is 246 g/mol. The Kier molecular flexibility index (Phi) is 3.88. The van der Waals surface area contributed by atoms with Crippen molar-refractivity contribution in [2.45, 2.75) is 6.42 Å². The Balaban J connectivity index is 2.16. The van der Waals surface area contributed by atoms with E-state index in [1.807, 2.05) is 6.07 Å². The van der Waals surface area contributed by atoms with Gasteiger partial charge >= 0.3 is 0 Å². The Hall–Kier alpha value is -1.68. The van der Waals surface area contributed by atoms with Crippen LogP contribution in [0.3, 0.4) is 0 Å². The zero-order chi connectivity index (χ0) is 12.1. The molecule has 0 spiro atoms. The normalized spacial score (nSPS) is 15.1. The number of hydrogen-bond acceptors (Lipinski definition) is 3. The van der Waals surface area contributed by atoms with Gasteiger partial charge in [-0.2, -0.15) is 0 Å². The van der Waals surface area contributed by atoms with Gasteiger partial charge in [0.05, 0.1) is 5.75 Å². The van der Waals surface area contributed by atoms with Crippen LogP contribution in [0.1, 0.15) is 11.1 Å². The first-order chi connectivity index (χ1) is 8.29. The van der Waals surface area contributed by atoms with E-state index < -0.39 is 0 Å². The maximum Gasteiger partial charge on any atom is 0.149 e. The molecule has 17 heavy (non-hydrogen) atoms. The highest BCUT2D eigenvalue weighted by atomic mass is 32.2. The number of nitrogens with two attached hydrogens (primary N) is 1. The highest BCUT2D eigenvalue weighted by Gasteiger charge is 2.04. The highest BCUT2D eigenvalue weighted by molar-refractivity contribution is 8.04. The van der Waals surface area contributed by atoms with Crippen molar-refractivity contribution in [2.24, 2.45) is 10.9 Å². The number of thioether (sulfide) groups is 1. The van der Waals surface area contributed by atoms with E-state index in [4.69, 9.17) is 10.9 Å². The lowest BCUT2D eigenvalue weighted by molar-refractivity contribution is 0.318. The van der Waals surface area contributed by atoms with E-state index in [9.17, 15) is 0 Å². The Bertz CT molecular complexity index is 492. The maximum absolute atomic E-state index is 8.49. The summed E-state index contributed by atoms with van der Waals surface area (Å²) in [6.07, 6.45) is 7.29. The van der Waals surface area contributed by atoms with E-state index in [-0.39, 0.29) is 5.84 Å². The number of nitrogens with zero attached hydrogens (tertiary/aromatic N) is 1. The van der Waals surface area contributed by atoms with E-state index in [1.54, 1.807) is 11.8 Å². The van der Waals surface area contributed by atoms with Crippen LogP contribution in [0.15, 0.2) is 46.5 Å². The SMILES string of the molecule is N/C(CSC1=Cc2ccccc2CC=C1)=N\O. The van der Waals surface area contributed by atoms with E-state index in [1.165, 1.54) is 11.1 Å². The summed E-state index contributed by atoms with van der Waals surface area (Å²) in [6, 6.07) is 8.32. The van der Waals surface area contributed by atoms with E-state index in [0.29, 0.717) is 5.75 Å². The Labute approximate surface area is 105 Å². The minimum absolute atomic E-state index is 0.238. The predicted octanol–water partition coefficient (Wildman–Crippen LogP) is 2.62. The van der Waals surface area contributed by atoms with Crippen LogP contribution in [0.4, 0.5) is 0 Å². The fourth-order valence-electron chi connectivity index (χ4n) is 1.64. The summed E-state index contributed by atoms with van der Waals surface area (Å²) in [7, 11) is 0. The van der Waals surface area contributed by atoms with Crippen LogP contribution in [0.5, 0.6) is 0 Å². The standard InChI is InChI=1S/C13H14N2OS/c14-13(15-16)9-17-12-7-3-6-10-4-1-2-5-11(10)8-12/h1-5,7-8,16H,6,9H2,(H2,14,15). The molecule has 3 nitrogen and oxygen atoms in total. The fourth-order valence-corrected chi connectivity index (χ4v) is 2.42. The van der Waals surface area contributed by atoms with Crippen molar-refractivity contribution >= 4 is 23.7 Å². The molecule has 0 fully saturated rings. The molecule has 88 valence electrons. The summed E-state index contributed by atoms with van der Waals surface area (Å²) in [5.74, 6) is 0.733. The fraction of sp³-hybridized carbons (Fsp3) is 0.154. The number of benzene rings is 1. The van der Waals surface area contributed by atoms with Crippen molar-refractivity contribution < 1.29 is 5.21 Å². The van der Waals surface area contributed by atoms with Crippen LogP contribution in [0, 0.1) is 0 Å². The lowest BCUT2D eigenvalue weighted by atomic mass is 10.1. The van der Waals surface area contributed by atoms with Crippen molar-refractivity contribution in [3.8, 4) is 0 Å². The Morgan fingerprint density at radius 3 is 3.06 bits per heavy atom. The van der Waals surface area contributed by atoms with Gasteiger partial charge in [0.1, 0.15) is 5.84 Å². The zero-order valence-corrected chi connectivity index (χ0v) is 10.2. The third kappa shape index (κ3) is 3.14. The molecule has 1 aliphatic rings. The van der Waals surface area contributed by atoms with Crippen molar-refractivity contribution in [1.82, 2.24) is 0 Å². The third-order valence-corrected chi connectivity index (χ3v) is 3.52. The quantitative estimate of drug-likeness (QED) is 0.373. The lowest BCUT2D eigenvalue weighted by Gasteiger charge is -2.02. The molecule has 0 heterocycles. The molecule has 2 rings (SSSR count). The molecule has 0 bridgehead atoms. The van der Waals surface area contributed by atoms with Gasteiger partial charge in [-0.15, -0.1) is 11.8 Å². The first-order valence-corrected chi connectivity index (χ1v) is 6.33. The number of fused-ring (bicyclic) bond motifs is 1. The number of allylic oxidation sites excluding steroid dienone is 2. The second-order valence-corrected chi connectivity index (χ2v) is 4.78. The minimum Gasteiger partial charge on any atom is -0.409 e. The summed E-state index contributed by atoms with van der Waals surface area (Å²) in [5.41, 5.74) is 8.01. The van der Waals surface area contributed by atoms with Crippen LogP contribution in [0.2, 0.25) is 0 Å². The number of rotatable bonds is 3. The van der Waals surface area contributed by atoms with Crippen LogP contribution < -0.4 is 5.73 Å². The molecule has 0 saturated carbocycles. The number of amidine groups is 1. The Morgan fingerprint density at radius 2 is 2.24 bits per heavy atom. The van der Waals surface area contributed by atoms with Gasteiger partial charge in [0.25, 0.3) is 0 Å². The molecule has 0 unspecified atom stereocenters. The first-order valence-electron chi connectivity index (χ1n) is 5.35. The monoisotopic (exact) mass is 246 g/mol. The molecule has 4 heteroatoms. The first kappa shape index (κ1) is 11.8. The van der Waals surface area contributed by atoms with E-state index in [0.717, 1.165) is 11.3 Å². The van der Waals surface area contributed by atoms with Crippen molar-refractivity contribution in [3.05, 3.63) is 52.4 Å².